The minimum atomic E-state index is -0.692. The molecule has 0 radical (unpaired) electrons. The summed E-state index contributed by atoms with van der Waals surface area (Å²) in [6.07, 6.45) is -0.438. The topological polar surface area (TPSA) is 45.4 Å². The van der Waals surface area contributed by atoms with E-state index in [-0.39, 0.29) is 17.9 Å². The van der Waals surface area contributed by atoms with Crippen molar-refractivity contribution in [1.29, 1.82) is 0 Å². The SMILES string of the molecule is O=C1C[C@H](n2c(=S)n(Cc3ccccc3)c3ccccc32)[C@@H]2CO[C@H]1O2. The number of imidazole rings is 1. The van der Waals surface area contributed by atoms with Crippen molar-refractivity contribution >= 4 is 29.0 Å². The normalized spacial score (nSPS) is 25.1. The third-order valence-electron chi connectivity index (χ3n) is 5.20. The molecule has 3 aromatic rings. The molecule has 2 bridgehead atoms. The number of benzene rings is 2. The van der Waals surface area contributed by atoms with E-state index in [0.717, 1.165) is 11.0 Å². The molecule has 2 aliphatic heterocycles. The second-order valence-electron chi connectivity index (χ2n) is 6.79. The molecule has 132 valence electrons. The number of ether oxygens (including phenoxy) is 2. The first-order chi connectivity index (χ1) is 12.7. The van der Waals surface area contributed by atoms with Crippen LogP contribution in [0.15, 0.2) is 54.6 Å². The van der Waals surface area contributed by atoms with Crippen LogP contribution in [-0.2, 0) is 20.8 Å². The van der Waals surface area contributed by atoms with Crippen LogP contribution in [0.5, 0.6) is 0 Å². The quantitative estimate of drug-likeness (QED) is 0.666. The number of carbonyl (C=O) groups is 1. The molecular weight excluding hydrogens is 348 g/mol. The van der Waals surface area contributed by atoms with E-state index >= 15 is 0 Å². The van der Waals surface area contributed by atoms with E-state index in [1.165, 1.54) is 5.56 Å². The Hall–Kier alpha value is -2.28. The summed E-state index contributed by atoms with van der Waals surface area (Å²) in [4.78, 5) is 12.3. The number of para-hydroxylation sites is 2. The van der Waals surface area contributed by atoms with Crippen molar-refractivity contribution in [2.24, 2.45) is 0 Å². The van der Waals surface area contributed by atoms with Gasteiger partial charge in [0, 0.05) is 6.42 Å². The van der Waals surface area contributed by atoms with Crippen LogP contribution in [-0.4, -0.2) is 33.9 Å². The van der Waals surface area contributed by atoms with Crippen LogP contribution in [0.25, 0.3) is 11.0 Å². The first-order valence-electron chi connectivity index (χ1n) is 8.76. The lowest BCUT2D eigenvalue weighted by molar-refractivity contribution is -0.156. The minimum Gasteiger partial charge on any atom is -0.343 e. The standard InChI is InChI=1S/C20H18N2O3S/c23-17-10-16(18-12-24-19(17)25-18)22-15-9-5-4-8-14(15)21(20(22)26)11-13-6-2-1-3-7-13/h1-9,16,18-19H,10-12H2/t16-,18-,19-/m0/s1. The van der Waals surface area contributed by atoms with Gasteiger partial charge in [-0.05, 0) is 29.9 Å². The van der Waals surface area contributed by atoms with E-state index in [1.807, 2.05) is 30.3 Å². The van der Waals surface area contributed by atoms with Crippen LogP contribution in [0.4, 0.5) is 0 Å². The Balaban J connectivity index is 1.65. The van der Waals surface area contributed by atoms with Gasteiger partial charge in [0.15, 0.2) is 10.6 Å². The molecule has 2 saturated heterocycles. The maximum absolute atomic E-state index is 12.3. The molecule has 26 heavy (non-hydrogen) atoms. The lowest BCUT2D eigenvalue weighted by atomic mass is 10.0. The number of fused-ring (bicyclic) bond motifs is 3. The predicted octanol–water partition coefficient (Wildman–Crippen LogP) is 3.48. The summed E-state index contributed by atoms with van der Waals surface area (Å²) in [7, 11) is 0. The Morgan fingerprint density at radius 1 is 1.04 bits per heavy atom. The number of hydrogen-bond donors (Lipinski definition) is 0. The van der Waals surface area contributed by atoms with Gasteiger partial charge in [0.1, 0.15) is 6.10 Å². The van der Waals surface area contributed by atoms with E-state index in [9.17, 15) is 4.79 Å². The van der Waals surface area contributed by atoms with E-state index in [4.69, 9.17) is 21.7 Å². The molecule has 1 aromatic heterocycles. The maximum Gasteiger partial charge on any atom is 0.218 e. The molecule has 6 heteroatoms. The third-order valence-corrected chi connectivity index (χ3v) is 5.61. The van der Waals surface area contributed by atoms with Crippen LogP contribution in [0.3, 0.4) is 0 Å². The molecule has 3 atom stereocenters. The van der Waals surface area contributed by atoms with Crippen molar-refractivity contribution < 1.29 is 14.3 Å². The molecule has 0 amide bonds. The average Bonchev–Trinajstić information content (AvgIpc) is 3.21. The number of carbonyl (C=O) groups excluding carboxylic acids is 1. The van der Waals surface area contributed by atoms with Crippen molar-refractivity contribution in [3.05, 3.63) is 64.9 Å². The number of ketones is 1. The van der Waals surface area contributed by atoms with Gasteiger partial charge in [-0.3, -0.25) is 4.79 Å². The van der Waals surface area contributed by atoms with Crippen molar-refractivity contribution in [3.63, 3.8) is 0 Å². The average molecular weight is 366 g/mol. The summed E-state index contributed by atoms with van der Waals surface area (Å²) in [6, 6.07) is 18.3. The fraction of sp³-hybridized carbons (Fsp3) is 0.300. The van der Waals surface area contributed by atoms with Crippen molar-refractivity contribution in [3.8, 4) is 0 Å². The summed E-state index contributed by atoms with van der Waals surface area (Å²) < 4.78 is 16.2. The van der Waals surface area contributed by atoms with Crippen LogP contribution >= 0.6 is 12.2 Å². The summed E-state index contributed by atoms with van der Waals surface area (Å²) >= 11 is 5.84. The van der Waals surface area contributed by atoms with Gasteiger partial charge in [0.05, 0.1) is 30.2 Å². The van der Waals surface area contributed by atoms with Gasteiger partial charge in [-0.25, -0.2) is 0 Å². The third kappa shape index (κ3) is 2.45. The second-order valence-corrected chi connectivity index (χ2v) is 7.16. The number of hydrogen-bond acceptors (Lipinski definition) is 4. The fourth-order valence-electron chi connectivity index (χ4n) is 3.95. The Bertz CT molecular complexity index is 1040. The molecule has 0 aliphatic carbocycles. The van der Waals surface area contributed by atoms with Crippen molar-refractivity contribution in [2.75, 3.05) is 6.61 Å². The Labute approximate surface area is 155 Å². The zero-order chi connectivity index (χ0) is 17.7. The van der Waals surface area contributed by atoms with Gasteiger partial charge in [0.25, 0.3) is 0 Å². The van der Waals surface area contributed by atoms with Crippen LogP contribution in [0.1, 0.15) is 18.0 Å². The van der Waals surface area contributed by atoms with Gasteiger partial charge in [-0.15, -0.1) is 0 Å². The van der Waals surface area contributed by atoms with Gasteiger partial charge >= 0.3 is 0 Å². The van der Waals surface area contributed by atoms with Crippen molar-refractivity contribution in [2.45, 2.75) is 31.4 Å². The minimum absolute atomic E-state index is 0.00876. The highest BCUT2D eigenvalue weighted by molar-refractivity contribution is 7.71. The molecule has 0 spiro atoms. The van der Waals surface area contributed by atoms with Gasteiger partial charge in [0.2, 0.25) is 6.29 Å². The molecular formula is C20H18N2O3S. The molecule has 2 aromatic carbocycles. The first kappa shape index (κ1) is 15.9. The smallest absolute Gasteiger partial charge is 0.218 e. The molecule has 3 heterocycles. The Kier molecular flexibility index (Phi) is 3.77. The van der Waals surface area contributed by atoms with Crippen LogP contribution < -0.4 is 0 Å². The van der Waals surface area contributed by atoms with E-state index in [2.05, 4.69) is 33.4 Å². The monoisotopic (exact) mass is 366 g/mol. The number of Topliss-reactive ketones (excluding diaryl/α,β-unsaturated/α-hetero) is 1. The molecule has 0 unspecified atom stereocenters. The summed E-state index contributed by atoms with van der Waals surface area (Å²) in [6.45, 7) is 1.12. The summed E-state index contributed by atoms with van der Waals surface area (Å²) in [5.74, 6) is -0.00876. The Morgan fingerprint density at radius 3 is 2.58 bits per heavy atom. The number of aromatic nitrogens is 2. The maximum atomic E-state index is 12.3. The lowest BCUT2D eigenvalue weighted by Gasteiger charge is -2.28. The highest BCUT2D eigenvalue weighted by atomic mass is 32.1. The first-order valence-corrected chi connectivity index (χ1v) is 9.16. The predicted molar refractivity (Wildman–Crippen MR) is 99.6 cm³/mol. The molecule has 5 nitrogen and oxygen atoms in total. The van der Waals surface area contributed by atoms with Gasteiger partial charge in [-0.1, -0.05) is 42.5 Å². The highest BCUT2D eigenvalue weighted by Crippen LogP contribution is 2.36. The Morgan fingerprint density at radius 2 is 1.77 bits per heavy atom. The number of rotatable bonds is 3. The summed E-state index contributed by atoms with van der Waals surface area (Å²) in [5.41, 5.74) is 3.28. The van der Waals surface area contributed by atoms with Gasteiger partial charge < -0.3 is 18.6 Å². The van der Waals surface area contributed by atoms with E-state index < -0.39 is 6.29 Å². The second kappa shape index (κ2) is 6.16. The molecule has 0 saturated carbocycles. The molecule has 5 rings (SSSR count). The molecule has 2 fully saturated rings. The van der Waals surface area contributed by atoms with Crippen LogP contribution in [0.2, 0.25) is 0 Å². The zero-order valence-corrected chi connectivity index (χ0v) is 14.9. The number of nitrogens with zero attached hydrogens (tertiary/aromatic N) is 2. The van der Waals surface area contributed by atoms with Gasteiger partial charge in [-0.2, -0.15) is 0 Å². The summed E-state index contributed by atoms with van der Waals surface area (Å²) in [5, 5.41) is 0. The van der Waals surface area contributed by atoms with Crippen LogP contribution in [0, 0.1) is 4.77 Å². The fourth-order valence-corrected chi connectivity index (χ4v) is 4.35. The highest BCUT2D eigenvalue weighted by Gasteiger charge is 2.44. The van der Waals surface area contributed by atoms with Crippen molar-refractivity contribution in [1.82, 2.24) is 9.13 Å². The van der Waals surface area contributed by atoms with E-state index in [0.29, 0.717) is 24.3 Å². The largest absolute Gasteiger partial charge is 0.343 e. The zero-order valence-electron chi connectivity index (χ0n) is 14.1. The van der Waals surface area contributed by atoms with E-state index in [1.54, 1.807) is 0 Å². The molecule has 0 N–H and O–H groups in total. The molecule has 2 aliphatic rings. The lowest BCUT2D eigenvalue weighted by Crippen LogP contribution is -2.37.